The molecule has 306 valence electrons. The van der Waals surface area contributed by atoms with E-state index in [2.05, 4.69) is 188 Å². The first-order valence-electron chi connectivity index (χ1n) is 22.8. The molecule has 5 heterocycles. The molecule has 11 aromatic rings. The van der Waals surface area contributed by atoms with Crippen molar-refractivity contribution >= 4 is 83.9 Å². The summed E-state index contributed by atoms with van der Waals surface area (Å²) >= 11 is 0. The van der Waals surface area contributed by atoms with Crippen LogP contribution in [0.3, 0.4) is 0 Å². The minimum absolute atomic E-state index is 0.0226. The molecule has 0 spiro atoms. The van der Waals surface area contributed by atoms with Crippen LogP contribution in [0.25, 0.3) is 88.7 Å². The molecule has 2 aliphatic heterocycles. The van der Waals surface area contributed by atoms with Crippen molar-refractivity contribution in [2.45, 2.75) is 58.3 Å². The number of nitrogens with zero attached hydrogens (tertiary/aromatic N) is 4. The van der Waals surface area contributed by atoms with E-state index >= 15 is 0 Å². The van der Waals surface area contributed by atoms with Crippen LogP contribution >= 0.6 is 0 Å². The Labute approximate surface area is 372 Å². The number of fused-ring (bicyclic) bond motifs is 13. The van der Waals surface area contributed by atoms with Crippen LogP contribution in [-0.2, 0) is 10.8 Å². The average Bonchev–Trinajstić information content (AvgIpc) is 4.00. The number of para-hydroxylation sites is 3. The zero-order chi connectivity index (χ0) is 42.8. The minimum atomic E-state index is -0.161. The molecular formula is C58H45BN4O. The highest BCUT2D eigenvalue weighted by molar-refractivity contribution is 6.94. The highest BCUT2D eigenvalue weighted by Gasteiger charge is 2.47. The molecule has 0 radical (unpaired) electrons. The number of hydrogen-bond acceptors (Lipinski definition) is 3. The van der Waals surface area contributed by atoms with Gasteiger partial charge in [-0.2, -0.15) is 0 Å². The van der Waals surface area contributed by atoms with E-state index in [-0.39, 0.29) is 17.7 Å². The molecule has 0 saturated carbocycles. The lowest BCUT2D eigenvalue weighted by Crippen LogP contribution is -2.60. The molecular weight excluding hydrogens is 779 g/mol. The van der Waals surface area contributed by atoms with Gasteiger partial charge in [-0.1, -0.05) is 118 Å². The van der Waals surface area contributed by atoms with Crippen molar-refractivity contribution in [3.63, 3.8) is 0 Å². The van der Waals surface area contributed by atoms with Crippen LogP contribution in [0.1, 0.15) is 57.2 Å². The summed E-state index contributed by atoms with van der Waals surface area (Å²) in [4.78, 5) is 7.87. The molecule has 0 unspecified atom stereocenters. The van der Waals surface area contributed by atoms with E-state index in [9.17, 15) is 0 Å². The van der Waals surface area contributed by atoms with Crippen molar-refractivity contribution in [2.24, 2.45) is 0 Å². The van der Waals surface area contributed by atoms with E-state index in [1.54, 1.807) is 0 Å². The summed E-state index contributed by atoms with van der Waals surface area (Å²) in [5, 5.41) is 5.00. The smallest absolute Gasteiger partial charge is 0.333 e. The predicted octanol–water partition coefficient (Wildman–Crippen LogP) is 13.6. The van der Waals surface area contributed by atoms with Crippen molar-refractivity contribution in [1.29, 1.82) is 0 Å². The van der Waals surface area contributed by atoms with Crippen molar-refractivity contribution in [2.75, 3.05) is 4.81 Å². The SMILES string of the molecule is Cc1ccc(N2B3c4cc5nc(-c6ccccc6)oc5cc4-n4c5ccccc5c5c(-n6c7ccccc7c7ccccc76)cc(c3c54)-c3cc4c(cc32)C(C)(C)CCC4(C)C)cc1. The normalized spacial score (nSPS) is 15.6. The summed E-state index contributed by atoms with van der Waals surface area (Å²) in [5.41, 5.74) is 21.5. The van der Waals surface area contributed by atoms with E-state index in [1.807, 2.05) is 18.2 Å². The predicted molar refractivity (Wildman–Crippen MR) is 267 cm³/mol. The maximum Gasteiger partial charge on any atom is 0.333 e. The lowest BCUT2D eigenvalue weighted by molar-refractivity contribution is 0.332. The summed E-state index contributed by atoms with van der Waals surface area (Å²) in [6.45, 7) is 11.8. The van der Waals surface area contributed by atoms with Gasteiger partial charge in [0.1, 0.15) is 5.52 Å². The molecule has 0 bridgehead atoms. The Balaban J connectivity index is 1.20. The fourth-order valence-corrected chi connectivity index (χ4v) is 11.9. The van der Waals surface area contributed by atoms with E-state index < -0.39 is 0 Å². The van der Waals surface area contributed by atoms with Crippen LogP contribution in [0, 0.1) is 6.92 Å². The summed E-state index contributed by atoms with van der Waals surface area (Å²) in [7, 11) is 0. The third kappa shape index (κ3) is 4.72. The number of oxazole rings is 1. The van der Waals surface area contributed by atoms with E-state index in [1.165, 1.54) is 99.4 Å². The quantitative estimate of drug-likeness (QED) is 0.167. The van der Waals surface area contributed by atoms with Gasteiger partial charge in [0.15, 0.2) is 5.58 Å². The Hall–Kier alpha value is -7.31. The van der Waals surface area contributed by atoms with Gasteiger partial charge in [-0.05, 0) is 125 Å². The van der Waals surface area contributed by atoms with Crippen LogP contribution in [-0.4, -0.2) is 21.0 Å². The Morgan fingerprint density at radius 3 is 1.86 bits per heavy atom. The van der Waals surface area contributed by atoms with E-state index in [4.69, 9.17) is 9.40 Å². The van der Waals surface area contributed by atoms with Crippen LogP contribution in [0.4, 0.5) is 11.4 Å². The number of benzene rings is 8. The molecule has 5 nitrogen and oxygen atoms in total. The third-order valence-corrected chi connectivity index (χ3v) is 15.2. The van der Waals surface area contributed by atoms with Gasteiger partial charge in [0.05, 0.1) is 27.8 Å². The van der Waals surface area contributed by atoms with E-state index in [0.29, 0.717) is 5.89 Å². The summed E-state index contributed by atoms with van der Waals surface area (Å²) in [6, 6.07) is 58.7. The number of hydrogen-bond donors (Lipinski definition) is 0. The maximum atomic E-state index is 6.72. The molecule has 0 amide bonds. The maximum absolute atomic E-state index is 6.72. The Kier molecular flexibility index (Phi) is 7.04. The zero-order valence-corrected chi connectivity index (χ0v) is 36.7. The first-order chi connectivity index (χ1) is 31.1. The molecule has 3 aromatic heterocycles. The van der Waals surface area contributed by atoms with Gasteiger partial charge in [-0.3, -0.25) is 0 Å². The first kappa shape index (κ1) is 36.2. The van der Waals surface area contributed by atoms with Crippen molar-refractivity contribution < 1.29 is 4.42 Å². The summed E-state index contributed by atoms with van der Waals surface area (Å²) < 4.78 is 11.8. The van der Waals surface area contributed by atoms with Gasteiger partial charge < -0.3 is 18.4 Å². The lowest BCUT2D eigenvalue weighted by Gasteiger charge is -2.46. The van der Waals surface area contributed by atoms with Crippen LogP contribution in [0.15, 0.2) is 162 Å². The van der Waals surface area contributed by atoms with Crippen LogP contribution in [0.2, 0.25) is 0 Å². The Morgan fingerprint density at radius 1 is 0.562 bits per heavy atom. The van der Waals surface area contributed by atoms with Gasteiger partial charge >= 0.3 is 6.85 Å². The van der Waals surface area contributed by atoms with Gasteiger partial charge in [0, 0.05) is 55.8 Å². The number of aryl methyl sites for hydroxylation is 1. The molecule has 0 N–H and O–H groups in total. The second kappa shape index (κ2) is 12.4. The number of rotatable bonds is 3. The molecule has 14 rings (SSSR count). The van der Waals surface area contributed by atoms with Gasteiger partial charge in [0.2, 0.25) is 5.89 Å². The average molecular weight is 825 g/mol. The van der Waals surface area contributed by atoms with Crippen molar-refractivity contribution in [1.82, 2.24) is 14.1 Å². The van der Waals surface area contributed by atoms with Crippen LogP contribution in [0.5, 0.6) is 0 Å². The topological polar surface area (TPSA) is 39.1 Å². The van der Waals surface area contributed by atoms with Crippen molar-refractivity contribution in [3.8, 4) is 34.0 Å². The van der Waals surface area contributed by atoms with E-state index in [0.717, 1.165) is 35.2 Å². The Morgan fingerprint density at radius 2 is 1.17 bits per heavy atom. The molecule has 0 saturated heterocycles. The highest BCUT2D eigenvalue weighted by atomic mass is 16.3. The largest absolute Gasteiger partial charge is 0.436 e. The standard InChI is InChI=1S/C58H45BN4O/c1-34-23-25-36(26-24-34)63-49-31-43-42(57(2,3)27-28-58(43,4)5)29-40(49)41-30-51(61-46-20-12-9-17-37(46)38-18-10-13-21-47(38)61)53-39-19-11-14-22-48(39)62-50-33-52-45(32-44(50)59(63)54(41)55(53)62)60-56(64-52)35-15-7-6-8-16-35/h6-26,29-33H,27-28H2,1-5H3. The first-order valence-corrected chi connectivity index (χ1v) is 22.8. The number of aromatic nitrogens is 3. The van der Waals surface area contributed by atoms with Gasteiger partial charge in [-0.15, -0.1) is 0 Å². The minimum Gasteiger partial charge on any atom is -0.436 e. The fourth-order valence-electron chi connectivity index (χ4n) is 11.9. The fraction of sp³-hybridized carbons (Fsp3) is 0.155. The molecule has 3 aliphatic rings. The monoisotopic (exact) mass is 824 g/mol. The highest BCUT2D eigenvalue weighted by Crippen LogP contribution is 2.53. The Bertz CT molecular complexity index is 3760. The van der Waals surface area contributed by atoms with Gasteiger partial charge in [0.25, 0.3) is 0 Å². The van der Waals surface area contributed by atoms with Gasteiger partial charge in [-0.25, -0.2) is 4.98 Å². The second-order valence-corrected chi connectivity index (χ2v) is 19.9. The zero-order valence-electron chi connectivity index (χ0n) is 36.7. The van der Waals surface area contributed by atoms with Crippen molar-refractivity contribution in [3.05, 3.63) is 174 Å². The third-order valence-electron chi connectivity index (χ3n) is 15.2. The summed E-state index contributed by atoms with van der Waals surface area (Å²) in [6.07, 6.45) is 2.29. The molecule has 0 fully saturated rings. The lowest BCUT2D eigenvalue weighted by atomic mass is 9.43. The second-order valence-electron chi connectivity index (χ2n) is 19.9. The van der Waals surface area contributed by atoms with Crippen LogP contribution < -0.4 is 15.7 Å². The molecule has 6 heteroatoms. The molecule has 0 atom stereocenters. The molecule has 1 aliphatic carbocycles. The molecule has 8 aromatic carbocycles. The summed E-state index contributed by atoms with van der Waals surface area (Å²) in [5.74, 6) is 0.633. The molecule has 64 heavy (non-hydrogen) atoms. The number of anilines is 2.